The first-order chi connectivity index (χ1) is 45.1. The molecule has 9 heterocycles. The van der Waals surface area contributed by atoms with Gasteiger partial charge in [0.1, 0.15) is 0 Å². The number of para-hydroxylation sites is 4. The summed E-state index contributed by atoms with van der Waals surface area (Å²) < 4.78 is 0. The predicted octanol–water partition coefficient (Wildman–Crippen LogP) is 15.6. The predicted molar refractivity (Wildman–Crippen MR) is 373 cm³/mol. The summed E-state index contributed by atoms with van der Waals surface area (Å²) in [6.07, 6.45) is 10.9. The number of H-pyrrole nitrogens is 1. The molecule has 0 aliphatic carbocycles. The molecule has 8 aromatic carbocycles. The zero-order valence-electron chi connectivity index (χ0n) is 52.6. The molecule has 6 atom stereocenters. The van der Waals surface area contributed by atoms with Crippen LogP contribution in [0.25, 0.3) is 11.1 Å². The third-order valence-electron chi connectivity index (χ3n) is 19.5. The van der Waals surface area contributed by atoms with Gasteiger partial charge < -0.3 is 36.7 Å². The minimum Gasteiger partial charge on any atom is -0.378 e. The molecule has 3 amide bonds. The molecule has 8 aliphatic heterocycles. The first-order valence-corrected chi connectivity index (χ1v) is 32.4. The van der Waals surface area contributed by atoms with Crippen LogP contribution in [0.5, 0.6) is 0 Å². The number of aliphatic hydroxyl groups is 1. The van der Waals surface area contributed by atoms with Gasteiger partial charge in [0.15, 0.2) is 6.23 Å². The highest BCUT2D eigenvalue weighted by molar-refractivity contribution is 6.08. The maximum atomic E-state index is 15.0. The lowest BCUT2D eigenvalue weighted by Gasteiger charge is -2.30. The number of aliphatic imine (C=N–C) groups is 1. The average Bonchev–Trinajstić information content (AvgIpc) is 1.65. The van der Waals surface area contributed by atoms with Crippen LogP contribution in [0.15, 0.2) is 247 Å². The van der Waals surface area contributed by atoms with Gasteiger partial charge in [0, 0.05) is 108 Å². The van der Waals surface area contributed by atoms with E-state index in [2.05, 4.69) is 162 Å². The molecule has 20 bridgehead atoms. The van der Waals surface area contributed by atoms with Crippen LogP contribution in [-0.4, -0.2) is 51.6 Å². The summed E-state index contributed by atoms with van der Waals surface area (Å²) in [7, 11) is 0. The summed E-state index contributed by atoms with van der Waals surface area (Å²) in [6.45, 7) is 8.86. The molecule has 0 saturated carbocycles. The highest BCUT2D eigenvalue weighted by Gasteiger charge is 2.40. The first kappa shape index (κ1) is 58.9. The number of nitrogens with zero attached hydrogens (tertiary/aromatic N) is 1. The van der Waals surface area contributed by atoms with Crippen LogP contribution < -0.4 is 31.9 Å². The number of hydrogen-bond acceptors (Lipinski definition) is 8. The van der Waals surface area contributed by atoms with Crippen molar-refractivity contribution in [1.29, 1.82) is 0 Å². The molecule has 12 nitrogen and oxygen atoms in total. The number of hydrogen-bond donors (Lipinski definition) is 8. The minimum absolute atomic E-state index is 0.234. The lowest BCUT2D eigenvalue weighted by Crippen LogP contribution is -2.38. The Balaban J connectivity index is 0.993. The molecule has 12 heteroatoms. The number of nitrogens with one attached hydrogen (secondary N) is 7. The number of aromatic nitrogens is 1. The van der Waals surface area contributed by atoms with Crippen molar-refractivity contribution in [3.63, 3.8) is 0 Å². The Morgan fingerprint density at radius 2 is 1.06 bits per heavy atom. The molecule has 8 N–H and O–H groups in total. The number of rotatable bonds is 0. The first-order valence-electron chi connectivity index (χ1n) is 32.4. The van der Waals surface area contributed by atoms with E-state index in [1.165, 1.54) is 0 Å². The van der Waals surface area contributed by atoms with Gasteiger partial charge in [-0.1, -0.05) is 179 Å². The quantitative estimate of drug-likeness (QED) is 0.0698. The van der Waals surface area contributed by atoms with Gasteiger partial charge in [-0.3, -0.25) is 24.7 Å². The second-order valence-electron chi connectivity index (χ2n) is 27.1. The summed E-state index contributed by atoms with van der Waals surface area (Å²) in [5, 5.41) is 34.5. The van der Waals surface area contributed by atoms with E-state index in [0.29, 0.717) is 71.4 Å². The van der Waals surface area contributed by atoms with E-state index < -0.39 is 23.6 Å². The van der Waals surface area contributed by atoms with Gasteiger partial charge in [0.05, 0.1) is 17.8 Å². The maximum absolute atomic E-state index is 15.0. The fourth-order valence-electron chi connectivity index (χ4n) is 15.1. The topological polar surface area (TPSA) is 172 Å². The number of carbonyl (C=O) groups is 3. The molecule has 0 spiro atoms. The van der Waals surface area contributed by atoms with Gasteiger partial charge in [-0.25, -0.2) is 0 Å². The van der Waals surface area contributed by atoms with Crippen LogP contribution in [0.2, 0.25) is 0 Å². The summed E-state index contributed by atoms with van der Waals surface area (Å²) >= 11 is 0. The number of allylic oxidation sites excluding steroid dienone is 2. The Hall–Kier alpha value is -10.4. The summed E-state index contributed by atoms with van der Waals surface area (Å²) in [5.74, 6) is -1.54. The summed E-state index contributed by atoms with van der Waals surface area (Å²) in [5.41, 5.74) is 18.0. The van der Waals surface area contributed by atoms with Crippen LogP contribution >= 0.6 is 0 Å². The van der Waals surface area contributed by atoms with Crippen molar-refractivity contribution < 1.29 is 19.5 Å². The zero-order valence-corrected chi connectivity index (χ0v) is 52.6. The van der Waals surface area contributed by atoms with Crippen LogP contribution in [0, 0.1) is 5.41 Å². The molecule has 0 radical (unpaired) electrons. The van der Waals surface area contributed by atoms with E-state index >= 15 is 0 Å². The molecule has 462 valence electrons. The number of aromatic amines is 1. The van der Waals surface area contributed by atoms with Crippen molar-refractivity contribution in [2.75, 3.05) is 21.3 Å². The SMILES string of the molecule is CC1(C)Cc2cccc(c2)C(=O)Nc2ccccc2C2=C3CCC(=N3)C3c4ccccc4NC(O)c4cccc(c4)C(C)(C)Cc4cccc(c4)C(=O)Nc4ccccc4C(c4ccc2[nH]4)C2C=CC(N2)C(=C2C=CC3N2)c2ccccc2NC(=O)c2cccc(c2)C1. The van der Waals surface area contributed by atoms with E-state index in [4.69, 9.17) is 4.99 Å². The Kier molecular flexibility index (Phi) is 15.2. The maximum Gasteiger partial charge on any atom is 0.255 e. The highest BCUT2D eigenvalue weighted by Crippen LogP contribution is 2.46. The fourth-order valence-corrected chi connectivity index (χ4v) is 15.1. The molecule has 0 fully saturated rings. The molecule has 93 heavy (non-hydrogen) atoms. The fraction of sp³-hybridized carbons (Fsp3) is 0.210. The number of carbonyl (C=O) groups excluding carboxylic acids is 3. The number of fused-ring (bicyclic) bond motifs is 7. The second kappa shape index (κ2) is 24.0. The normalized spacial score (nSPS) is 22.1. The van der Waals surface area contributed by atoms with Gasteiger partial charge in [0.2, 0.25) is 0 Å². The van der Waals surface area contributed by atoms with E-state index in [0.717, 1.165) is 89.8 Å². The largest absolute Gasteiger partial charge is 0.378 e. The van der Waals surface area contributed by atoms with Crippen LogP contribution in [0.3, 0.4) is 0 Å². The van der Waals surface area contributed by atoms with Gasteiger partial charge in [-0.15, -0.1) is 0 Å². The van der Waals surface area contributed by atoms with E-state index in [1.54, 1.807) is 0 Å². The zero-order chi connectivity index (χ0) is 63.5. The standard InChI is InChI=1S/C81H74N8O4/c1-80(2)45-48-17-13-20-51(41-48)76(90)86-60-29-9-5-25-56(60)72-64-33-35-68(82-64)74-58-27-7-11-31-62(58)88-78(92)53-22-15-19-50(43-53)47-81(3,4)55-24-16-23-54(44-55)79(93)89-63-32-12-8-28-59(63)75(70-39-37-66(72)84-70)71-40-38-67(85-71)73(65-34-36-69(74)83-65)57-26-6-10-30-61(57)87-77(91)52-21-14-18-49(42-52)46-80/h5-37,39,41-44,64,68,70,74-75,79,82-84,89,93H,38,40,45-47H2,1-4H3,(H,86,90)(H,87,91)(H,88,92). The van der Waals surface area contributed by atoms with Crippen molar-refractivity contribution in [2.24, 2.45) is 10.4 Å². The molecule has 8 aliphatic rings. The van der Waals surface area contributed by atoms with Crippen LogP contribution in [0.4, 0.5) is 22.7 Å². The molecule has 1 aromatic heterocycles. The van der Waals surface area contributed by atoms with Gasteiger partial charge in [-0.2, -0.15) is 0 Å². The number of amides is 3. The molecular formula is C81H74N8O4. The lowest BCUT2D eigenvalue weighted by molar-refractivity contribution is 0.101. The van der Waals surface area contributed by atoms with Gasteiger partial charge in [0.25, 0.3) is 17.7 Å². The molecule has 17 rings (SSSR count). The van der Waals surface area contributed by atoms with Crippen molar-refractivity contribution in [2.45, 2.75) is 101 Å². The van der Waals surface area contributed by atoms with Crippen molar-refractivity contribution in [1.82, 2.24) is 15.6 Å². The third kappa shape index (κ3) is 11.7. The van der Waals surface area contributed by atoms with E-state index in [1.807, 2.05) is 133 Å². The second-order valence-corrected chi connectivity index (χ2v) is 27.1. The van der Waals surface area contributed by atoms with Crippen molar-refractivity contribution >= 4 is 57.3 Å². The molecular weight excluding hydrogens is 1150 g/mol. The summed E-state index contributed by atoms with van der Waals surface area (Å²) in [6, 6.07) is 67.3. The smallest absolute Gasteiger partial charge is 0.255 e. The van der Waals surface area contributed by atoms with Gasteiger partial charge >= 0.3 is 0 Å². The monoisotopic (exact) mass is 1220 g/mol. The number of anilines is 4. The Morgan fingerprint density at radius 3 is 1.74 bits per heavy atom. The number of aliphatic hydroxyl groups excluding tert-OH is 1. The van der Waals surface area contributed by atoms with Crippen LogP contribution in [-0.2, 0) is 24.7 Å². The highest BCUT2D eigenvalue weighted by atomic mass is 16.3. The molecule has 6 unspecified atom stereocenters. The van der Waals surface area contributed by atoms with Gasteiger partial charge in [-0.05, 0) is 155 Å². The minimum atomic E-state index is -1.10. The summed E-state index contributed by atoms with van der Waals surface area (Å²) in [4.78, 5) is 54.7. The Bertz CT molecular complexity index is 4650. The molecule has 0 saturated heterocycles. The number of benzene rings is 8. The molecule has 9 aromatic rings. The Morgan fingerprint density at radius 1 is 0.495 bits per heavy atom. The average molecular weight is 1220 g/mol. The van der Waals surface area contributed by atoms with E-state index in [9.17, 15) is 19.5 Å². The van der Waals surface area contributed by atoms with E-state index in [-0.39, 0.29) is 41.1 Å². The third-order valence-corrected chi connectivity index (χ3v) is 19.5. The lowest BCUT2D eigenvalue weighted by atomic mass is 9.78. The van der Waals surface area contributed by atoms with Crippen LogP contribution in [0.1, 0.15) is 151 Å². The Labute approximate surface area is 542 Å². The van der Waals surface area contributed by atoms with Crippen molar-refractivity contribution in [3.05, 3.63) is 320 Å². The van der Waals surface area contributed by atoms with Crippen molar-refractivity contribution in [3.8, 4) is 0 Å².